The highest BCUT2D eigenvalue weighted by Gasteiger charge is 2.31. The number of anilines is 1. The van der Waals surface area contributed by atoms with Crippen LogP contribution in [-0.2, 0) is 5.92 Å². The van der Waals surface area contributed by atoms with Crippen LogP contribution in [0.5, 0.6) is 0 Å². The molecule has 0 aliphatic heterocycles. The topological polar surface area (TPSA) is 12.0 Å². The van der Waals surface area contributed by atoms with Crippen LogP contribution in [-0.4, -0.2) is 6.54 Å². The minimum absolute atomic E-state index is 0.0400. The first-order valence-corrected chi connectivity index (χ1v) is 6.78. The van der Waals surface area contributed by atoms with Crippen molar-refractivity contribution in [2.45, 2.75) is 12.8 Å². The summed E-state index contributed by atoms with van der Waals surface area (Å²) < 4.78 is 28.0. The molecule has 2 aromatic rings. The summed E-state index contributed by atoms with van der Waals surface area (Å²) >= 11 is 12.0. The van der Waals surface area contributed by atoms with Crippen LogP contribution in [0.4, 0.5) is 14.5 Å². The molecule has 2 rings (SSSR count). The van der Waals surface area contributed by atoms with E-state index in [9.17, 15) is 8.78 Å². The zero-order valence-electron chi connectivity index (χ0n) is 10.8. The van der Waals surface area contributed by atoms with Crippen molar-refractivity contribution in [2.75, 3.05) is 11.9 Å². The lowest BCUT2D eigenvalue weighted by molar-refractivity contribution is 0.0106. The summed E-state index contributed by atoms with van der Waals surface area (Å²) in [6.07, 6.45) is 0. The Balaban J connectivity index is 2.14. The molecular weight excluding hydrogens is 303 g/mol. The molecule has 2 aromatic carbocycles. The number of rotatable bonds is 4. The van der Waals surface area contributed by atoms with Crippen molar-refractivity contribution >= 4 is 28.9 Å². The van der Waals surface area contributed by atoms with Crippen LogP contribution in [0.3, 0.4) is 0 Å². The van der Waals surface area contributed by atoms with Crippen LogP contribution >= 0.6 is 23.2 Å². The third-order valence-corrected chi connectivity index (χ3v) is 3.67. The molecule has 5 heteroatoms. The van der Waals surface area contributed by atoms with Gasteiger partial charge in [-0.25, -0.2) is 0 Å². The lowest BCUT2D eigenvalue weighted by Gasteiger charge is -2.19. The molecule has 1 N–H and O–H groups in total. The molecule has 0 amide bonds. The molecule has 0 aliphatic carbocycles. The van der Waals surface area contributed by atoms with E-state index >= 15 is 0 Å². The van der Waals surface area contributed by atoms with E-state index in [-0.39, 0.29) is 5.56 Å². The maximum absolute atomic E-state index is 14.0. The normalized spacial score (nSPS) is 11.4. The maximum atomic E-state index is 14.0. The SMILES string of the molecule is Cc1cc(Cl)c(NCC(F)(F)c2ccccc2)cc1Cl. The minimum Gasteiger partial charge on any atom is -0.377 e. The average Bonchev–Trinajstić information content (AvgIpc) is 2.42. The van der Waals surface area contributed by atoms with Crippen molar-refractivity contribution in [2.24, 2.45) is 0 Å². The average molecular weight is 316 g/mol. The highest BCUT2D eigenvalue weighted by atomic mass is 35.5. The van der Waals surface area contributed by atoms with Gasteiger partial charge in [0.25, 0.3) is 5.92 Å². The molecule has 106 valence electrons. The van der Waals surface area contributed by atoms with Crippen molar-refractivity contribution < 1.29 is 8.78 Å². The first kappa shape index (κ1) is 15.1. The van der Waals surface area contributed by atoms with E-state index in [1.165, 1.54) is 12.1 Å². The molecule has 0 spiro atoms. The van der Waals surface area contributed by atoms with Gasteiger partial charge in [-0.1, -0.05) is 53.5 Å². The Labute approximate surface area is 126 Å². The van der Waals surface area contributed by atoms with Gasteiger partial charge in [0.2, 0.25) is 0 Å². The monoisotopic (exact) mass is 315 g/mol. The largest absolute Gasteiger partial charge is 0.377 e. The minimum atomic E-state index is -2.98. The van der Waals surface area contributed by atoms with Crippen LogP contribution in [0, 0.1) is 6.92 Å². The van der Waals surface area contributed by atoms with Crippen molar-refractivity contribution in [3.8, 4) is 0 Å². The first-order valence-electron chi connectivity index (χ1n) is 6.03. The Morgan fingerprint density at radius 2 is 1.70 bits per heavy atom. The van der Waals surface area contributed by atoms with Crippen molar-refractivity contribution in [1.82, 2.24) is 0 Å². The van der Waals surface area contributed by atoms with Gasteiger partial charge < -0.3 is 5.32 Å². The lowest BCUT2D eigenvalue weighted by Crippen LogP contribution is -2.24. The second kappa shape index (κ2) is 5.98. The zero-order chi connectivity index (χ0) is 14.8. The van der Waals surface area contributed by atoms with Gasteiger partial charge >= 0.3 is 0 Å². The van der Waals surface area contributed by atoms with Gasteiger partial charge in [-0.2, -0.15) is 8.78 Å². The summed E-state index contributed by atoms with van der Waals surface area (Å²) in [6, 6.07) is 10.9. The zero-order valence-corrected chi connectivity index (χ0v) is 12.3. The number of hydrogen-bond donors (Lipinski definition) is 1. The third kappa shape index (κ3) is 3.41. The Morgan fingerprint density at radius 3 is 2.35 bits per heavy atom. The quantitative estimate of drug-likeness (QED) is 0.784. The predicted molar refractivity (Wildman–Crippen MR) is 80.0 cm³/mol. The Kier molecular flexibility index (Phi) is 4.51. The highest BCUT2D eigenvalue weighted by Crippen LogP contribution is 2.32. The Morgan fingerprint density at radius 1 is 1.05 bits per heavy atom. The molecule has 1 nitrogen and oxygen atoms in total. The molecule has 0 radical (unpaired) electrons. The fraction of sp³-hybridized carbons (Fsp3) is 0.200. The molecule has 0 atom stereocenters. The summed E-state index contributed by atoms with van der Waals surface area (Å²) in [5.41, 5.74) is 1.16. The number of aryl methyl sites for hydroxylation is 1. The summed E-state index contributed by atoms with van der Waals surface area (Å²) in [5.74, 6) is -2.98. The van der Waals surface area contributed by atoms with Crippen molar-refractivity contribution in [3.63, 3.8) is 0 Å². The van der Waals surface area contributed by atoms with Crippen LogP contribution in [0.2, 0.25) is 10.0 Å². The fourth-order valence-corrected chi connectivity index (χ4v) is 2.22. The number of hydrogen-bond acceptors (Lipinski definition) is 1. The lowest BCUT2D eigenvalue weighted by atomic mass is 10.1. The van der Waals surface area contributed by atoms with Crippen LogP contribution in [0.1, 0.15) is 11.1 Å². The summed E-state index contributed by atoms with van der Waals surface area (Å²) in [5, 5.41) is 3.51. The summed E-state index contributed by atoms with van der Waals surface area (Å²) in [4.78, 5) is 0. The standard InChI is InChI=1S/C15H13Cl2F2N/c1-10-7-13(17)14(8-12(10)16)20-9-15(18,19)11-5-3-2-4-6-11/h2-8,20H,9H2,1H3. The predicted octanol–water partition coefficient (Wildman–Crippen LogP) is 5.51. The van der Waals surface area contributed by atoms with Gasteiger partial charge in [0.1, 0.15) is 0 Å². The van der Waals surface area contributed by atoms with Crippen molar-refractivity contribution in [1.29, 1.82) is 0 Å². The van der Waals surface area contributed by atoms with Gasteiger partial charge in [-0.05, 0) is 24.6 Å². The number of benzene rings is 2. The molecule has 0 saturated carbocycles. The van der Waals surface area contributed by atoms with E-state index in [2.05, 4.69) is 5.32 Å². The van der Waals surface area contributed by atoms with Gasteiger partial charge in [0, 0.05) is 10.6 Å². The first-order chi connectivity index (χ1) is 9.40. The van der Waals surface area contributed by atoms with Crippen LogP contribution < -0.4 is 5.32 Å². The second-order valence-electron chi connectivity index (χ2n) is 4.51. The van der Waals surface area contributed by atoms with E-state index in [1.54, 1.807) is 37.3 Å². The van der Waals surface area contributed by atoms with Crippen LogP contribution in [0.15, 0.2) is 42.5 Å². The van der Waals surface area contributed by atoms with E-state index in [1.807, 2.05) is 0 Å². The Hall–Kier alpha value is -1.32. The number of nitrogens with one attached hydrogen (secondary N) is 1. The van der Waals surface area contributed by atoms with Crippen LogP contribution in [0.25, 0.3) is 0 Å². The molecular formula is C15H13Cl2F2N. The second-order valence-corrected chi connectivity index (χ2v) is 5.32. The molecule has 0 unspecified atom stereocenters. The van der Waals surface area contributed by atoms with Gasteiger partial charge in [0.15, 0.2) is 0 Å². The summed E-state index contributed by atoms with van der Waals surface area (Å²) in [7, 11) is 0. The molecule has 0 heterocycles. The molecule has 0 bridgehead atoms. The molecule has 0 fully saturated rings. The van der Waals surface area contributed by atoms with E-state index in [0.29, 0.717) is 15.7 Å². The number of halogens is 4. The maximum Gasteiger partial charge on any atom is 0.290 e. The van der Waals surface area contributed by atoms with E-state index in [0.717, 1.165) is 5.56 Å². The molecule has 0 saturated heterocycles. The highest BCUT2D eigenvalue weighted by molar-refractivity contribution is 6.35. The Bertz CT molecular complexity index is 600. The fourth-order valence-electron chi connectivity index (χ4n) is 1.77. The van der Waals surface area contributed by atoms with Gasteiger partial charge in [-0.15, -0.1) is 0 Å². The van der Waals surface area contributed by atoms with Crippen molar-refractivity contribution in [3.05, 3.63) is 63.6 Å². The van der Waals surface area contributed by atoms with Gasteiger partial charge in [-0.3, -0.25) is 0 Å². The summed E-state index contributed by atoms with van der Waals surface area (Å²) in [6.45, 7) is 1.26. The molecule has 0 aromatic heterocycles. The molecule has 0 aliphatic rings. The third-order valence-electron chi connectivity index (χ3n) is 2.95. The van der Waals surface area contributed by atoms with E-state index in [4.69, 9.17) is 23.2 Å². The van der Waals surface area contributed by atoms with E-state index < -0.39 is 12.5 Å². The molecule has 20 heavy (non-hydrogen) atoms. The smallest absolute Gasteiger partial charge is 0.290 e. The number of alkyl halides is 2. The van der Waals surface area contributed by atoms with Gasteiger partial charge in [0.05, 0.1) is 17.3 Å².